The highest BCUT2D eigenvalue weighted by Crippen LogP contribution is 2.11. The number of nitrogens with zero attached hydrogens (tertiary/aromatic N) is 1. The van der Waals surface area contributed by atoms with Crippen LogP contribution in [-0.2, 0) is 13.0 Å². The summed E-state index contributed by atoms with van der Waals surface area (Å²) in [6.07, 6.45) is 0.887. The number of hydrogen-bond acceptors (Lipinski definition) is 3. The van der Waals surface area contributed by atoms with E-state index in [0.717, 1.165) is 30.2 Å². The molecule has 26 heavy (non-hydrogen) atoms. The molecule has 0 aliphatic carbocycles. The van der Waals surface area contributed by atoms with Crippen LogP contribution in [0.15, 0.2) is 53.5 Å². The van der Waals surface area contributed by atoms with Gasteiger partial charge < -0.3 is 21.1 Å². The summed E-state index contributed by atoms with van der Waals surface area (Å²) >= 11 is 0. The lowest BCUT2D eigenvalue weighted by atomic mass is 10.1. The van der Waals surface area contributed by atoms with Gasteiger partial charge in [-0.05, 0) is 41.8 Å². The first-order chi connectivity index (χ1) is 12.1. The third-order valence-electron chi connectivity index (χ3n) is 3.79. The summed E-state index contributed by atoms with van der Waals surface area (Å²) in [5.74, 6) is 1.17. The molecule has 6 nitrogen and oxygen atoms in total. The lowest BCUT2D eigenvalue weighted by molar-refractivity contribution is 0.100. The summed E-state index contributed by atoms with van der Waals surface area (Å²) in [5.41, 5.74) is 8.01. The minimum absolute atomic E-state index is 0. The van der Waals surface area contributed by atoms with Crippen LogP contribution in [0.4, 0.5) is 0 Å². The molecule has 2 aromatic rings. The normalized spacial score (nSPS) is 10.6. The van der Waals surface area contributed by atoms with Gasteiger partial charge in [-0.15, -0.1) is 24.0 Å². The number of rotatable bonds is 7. The van der Waals surface area contributed by atoms with Crippen LogP contribution in [0.3, 0.4) is 0 Å². The molecule has 0 spiro atoms. The molecule has 0 aliphatic rings. The fourth-order valence-corrected chi connectivity index (χ4v) is 2.31. The fourth-order valence-electron chi connectivity index (χ4n) is 2.31. The van der Waals surface area contributed by atoms with Gasteiger partial charge in [-0.2, -0.15) is 0 Å². The third-order valence-corrected chi connectivity index (χ3v) is 3.79. The van der Waals surface area contributed by atoms with Crippen molar-refractivity contribution < 1.29 is 9.53 Å². The van der Waals surface area contributed by atoms with E-state index in [-0.39, 0.29) is 24.0 Å². The van der Waals surface area contributed by atoms with Crippen LogP contribution in [-0.4, -0.2) is 32.6 Å². The minimum atomic E-state index is -0.421. The second-order valence-electron chi connectivity index (χ2n) is 5.51. The highest BCUT2D eigenvalue weighted by Gasteiger charge is 2.02. The molecule has 0 aromatic heterocycles. The van der Waals surface area contributed by atoms with E-state index in [9.17, 15) is 4.79 Å². The molecule has 0 unspecified atom stereocenters. The summed E-state index contributed by atoms with van der Waals surface area (Å²) in [5, 5.41) is 6.52. The lowest BCUT2D eigenvalue weighted by Crippen LogP contribution is -2.37. The number of amides is 1. The van der Waals surface area contributed by atoms with Crippen molar-refractivity contribution in [2.24, 2.45) is 10.7 Å². The second-order valence-corrected chi connectivity index (χ2v) is 5.51. The Morgan fingerprint density at radius 3 is 2.19 bits per heavy atom. The Kier molecular flexibility index (Phi) is 9.50. The van der Waals surface area contributed by atoms with Crippen LogP contribution in [0.25, 0.3) is 0 Å². The van der Waals surface area contributed by atoms with Gasteiger partial charge in [-0.3, -0.25) is 9.79 Å². The number of primary amides is 1. The lowest BCUT2D eigenvalue weighted by Gasteiger charge is -2.12. The van der Waals surface area contributed by atoms with Gasteiger partial charge in [0.1, 0.15) is 5.75 Å². The van der Waals surface area contributed by atoms with E-state index < -0.39 is 5.91 Å². The average Bonchev–Trinajstić information content (AvgIpc) is 2.65. The molecule has 0 bridgehead atoms. The van der Waals surface area contributed by atoms with Gasteiger partial charge >= 0.3 is 0 Å². The standard InChI is InChI=1S/C19H24N4O2.HI/c1-21-19(22-12-11-14-5-9-17(25-2)10-6-14)23-13-15-3-7-16(8-4-15)18(20)24;/h3-10H,11-13H2,1-2H3,(H2,20,24)(H2,21,22,23);1H. The molecule has 0 fully saturated rings. The van der Waals surface area contributed by atoms with Crippen molar-refractivity contribution in [2.45, 2.75) is 13.0 Å². The van der Waals surface area contributed by atoms with Crippen molar-refractivity contribution >= 4 is 35.8 Å². The summed E-state index contributed by atoms with van der Waals surface area (Å²) < 4.78 is 5.15. The zero-order valence-corrected chi connectivity index (χ0v) is 17.3. The first-order valence-corrected chi connectivity index (χ1v) is 8.08. The number of guanidine groups is 1. The average molecular weight is 468 g/mol. The highest BCUT2D eigenvalue weighted by molar-refractivity contribution is 14.0. The Morgan fingerprint density at radius 1 is 1.04 bits per heavy atom. The third kappa shape index (κ3) is 6.91. The molecule has 2 rings (SSSR count). The minimum Gasteiger partial charge on any atom is -0.497 e. The molecule has 0 saturated carbocycles. The molecule has 0 radical (unpaired) electrons. The number of benzene rings is 2. The largest absolute Gasteiger partial charge is 0.497 e. The maximum absolute atomic E-state index is 11.1. The number of carbonyl (C=O) groups is 1. The number of nitrogens with one attached hydrogen (secondary N) is 2. The van der Waals surface area contributed by atoms with E-state index in [1.54, 1.807) is 26.3 Å². The van der Waals surface area contributed by atoms with Gasteiger partial charge in [0.05, 0.1) is 7.11 Å². The Balaban J connectivity index is 0.00000338. The van der Waals surface area contributed by atoms with Crippen molar-refractivity contribution in [3.05, 3.63) is 65.2 Å². The Bertz CT molecular complexity index is 715. The van der Waals surface area contributed by atoms with Crippen LogP contribution in [0.5, 0.6) is 5.75 Å². The molecule has 0 aliphatic heterocycles. The van der Waals surface area contributed by atoms with Crippen molar-refractivity contribution in [3.63, 3.8) is 0 Å². The van der Waals surface area contributed by atoms with E-state index >= 15 is 0 Å². The molecule has 140 valence electrons. The van der Waals surface area contributed by atoms with E-state index in [1.807, 2.05) is 24.3 Å². The van der Waals surface area contributed by atoms with Crippen LogP contribution in [0, 0.1) is 0 Å². The first kappa shape index (κ1) is 21.8. The fraction of sp³-hybridized carbons (Fsp3) is 0.263. The van der Waals surface area contributed by atoms with Gasteiger partial charge in [0.25, 0.3) is 0 Å². The van der Waals surface area contributed by atoms with Gasteiger partial charge in [-0.1, -0.05) is 24.3 Å². The maximum atomic E-state index is 11.1. The van der Waals surface area contributed by atoms with Gasteiger partial charge in [0.2, 0.25) is 5.91 Å². The van der Waals surface area contributed by atoms with E-state index in [0.29, 0.717) is 12.1 Å². The predicted molar refractivity (Wildman–Crippen MR) is 115 cm³/mol. The molecule has 7 heteroatoms. The van der Waals surface area contributed by atoms with Crippen molar-refractivity contribution in [3.8, 4) is 5.75 Å². The molecular formula is C19H25IN4O2. The summed E-state index contributed by atoms with van der Waals surface area (Å²) in [7, 11) is 3.40. The molecule has 0 heterocycles. The van der Waals surface area contributed by atoms with Crippen LogP contribution < -0.4 is 21.1 Å². The topological polar surface area (TPSA) is 88.7 Å². The van der Waals surface area contributed by atoms with E-state index in [4.69, 9.17) is 10.5 Å². The van der Waals surface area contributed by atoms with Crippen molar-refractivity contribution in [2.75, 3.05) is 20.7 Å². The Labute approximate surface area is 171 Å². The Morgan fingerprint density at radius 2 is 1.65 bits per heavy atom. The van der Waals surface area contributed by atoms with E-state index in [1.165, 1.54) is 5.56 Å². The van der Waals surface area contributed by atoms with Gasteiger partial charge in [0, 0.05) is 25.7 Å². The van der Waals surface area contributed by atoms with E-state index in [2.05, 4.69) is 27.8 Å². The van der Waals surface area contributed by atoms with Crippen LogP contribution >= 0.6 is 24.0 Å². The summed E-state index contributed by atoms with van der Waals surface area (Å²) in [4.78, 5) is 15.3. The maximum Gasteiger partial charge on any atom is 0.248 e. The van der Waals surface area contributed by atoms with Gasteiger partial charge in [0.15, 0.2) is 5.96 Å². The molecule has 2 aromatic carbocycles. The number of ether oxygens (including phenoxy) is 1. The van der Waals surface area contributed by atoms with Crippen molar-refractivity contribution in [1.82, 2.24) is 10.6 Å². The number of aliphatic imine (C=N–C) groups is 1. The number of halogens is 1. The first-order valence-electron chi connectivity index (χ1n) is 8.08. The quantitative estimate of drug-likeness (QED) is 0.331. The summed E-state index contributed by atoms with van der Waals surface area (Å²) in [6, 6.07) is 15.2. The zero-order chi connectivity index (χ0) is 18.1. The highest BCUT2D eigenvalue weighted by atomic mass is 127. The van der Waals surface area contributed by atoms with Crippen LogP contribution in [0.1, 0.15) is 21.5 Å². The number of methoxy groups -OCH3 is 1. The number of carbonyl (C=O) groups excluding carboxylic acids is 1. The smallest absolute Gasteiger partial charge is 0.248 e. The molecular weight excluding hydrogens is 443 g/mol. The zero-order valence-electron chi connectivity index (χ0n) is 15.0. The monoisotopic (exact) mass is 468 g/mol. The molecule has 0 saturated heterocycles. The summed E-state index contributed by atoms with van der Waals surface area (Å²) in [6.45, 7) is 1.38. The number of hydrogen-bond donors (Lipinski definition) is 3. The molecule has 1 amide bonds. The van der Waals surface area contributed by atoms with Crippen molar-refractivity contribution in [1.29, 1.82) is 0 Å². The molecule has 4 N–H and O–H groups in total. The SMILES string of the molecule is CN=C(NCCc1ccc(OC)cc1)NCc1ccc(C(N)=O)cc1.I. The molecule has 0 atom stereocenters. The Hall–Kier alpha value is -2.29. The predicted octanol–water partition coefficient (Wildman–Crippen LogP) is 2.32. The number of nitrogens with two attached hydrogens (primary N) is 1. The second kappa shape index (κ2) is 11.3. The van der Waals surface area contributed by atoms with Crippen LogP contribution in [0.2, 0.25) is 0 Å². The van der Waals surface area contributed by atoms with Gasteiger partial charge in [-0.25, -0.2) is 0 Å².